The zero-order valence-corrected chi connectivity index (χ0v) is 10.7. The third-order valence-corrected chi connectivity index (χ3v) is 3.32. The van der Waals surface area contributed by atoms with Crippen LogP contribution in [0.2, 0.25) is 0 Å². The van der Waals surface area contributed by atoms with Gasteiger partial charge in [-0.25, -0.2) is 0 Å². The van der Waals surface area contributed by atoms with Crippen LogP contribution in [0.25, 0.3) is 0 Å². The van der Waals surface area contributed by atoms with Gasteiger partial charge in [0.2, 0.25) is 0 Å². The number of ether oxygens (including phenoxy) is 2. The van der Waals surface area contributed by atoms with E-state index >= 15 is 0 Å². The van der Waals surface area contributed by atoms with Crippen LogP contribution in [0.15, 0.2) is 0 Å². The summed E-state index contributed by atoms with van der Waals surface area (Å²) in [5, 5.41) is 22.4. The Bertz CT molecular complexity index is 195. The number of methoxy groups -OCH3 is 1. The first-order valence-electron chi connectivity index (χ1n) is 6.33. The lowest BCUT2D eigenvalue weighted by molar-refractivity contribution is 0.00908. The standard InChI is InChI=1S/C12H25NO4/c1-16-6-7-17-9-11(15)8-13-12(10-14)4-2-3-5-12/h11,13-15H,2-10H2,1H3. The van der Waals surface area contributed by atoms with Gasteiger partial charge in [-0.05, 0) is 12.8 Å². The van der Waals surface area contributed by atoms with Crippen LogP contribution in [0.1, 0.15) is 25.7 Å². The highest BCUT2D eigenvalue weighted by atomic mass is 16.5. The minimum absolute atomic E-state index is 0.143. The van der Waals surface area contributed by atoms with E-state index in [4.69, 9.17) is 9.47 Å². The molecule has 0 aromatic heterocycles. The average Bonchev–Trinajstić information content (AvgIpc) is 2.82. The first kappa shape index (κ1) is 14.9. The zero-order valence-electron chi connectivity index (χ0n) is 10.7. The normalized spacial score (nSPS) is 20.6. The lowest BCUT2D eigenvalue weighted by atomic mass is 9.99. The summed E-state index contributed by atoms with van der Waals surface area (Å²) < 4.78 is 10.1. The van der Waals surface area contributed by atoms with E-state index in [9.17, 15) is 10.2 Å². The molecule has 0 aliphatic heterocycles. The van der Waals surface area contributed by atoms with E-state index in [1.54, 1.807) is 7.11 Å². The van der Waals surface area contributed by atoms with Gasteiger partial charge in [0.25, 0.3) is 0 Å². The van der Waals surface area contributed by atoms with Gasteiger partial charge in [0.05, 0.1) is 32.5 Å². The Balaban J connectivity index is 2.11. The molecule has 1 rings (SSSR count). The molecule has 102 valence electrons. The van der Waals surface area contributed by atoms with Crippen molar-refractivity contribution in [2.24, 2.45) is 0 Å². The predicted molar refractivity (Wildman–Crippen MR) is 65.0 cm³/mol. The molecule has 0 saturated heterocycles. The SMILES string of the molecule is COCCOCC(O)CNC1(CO)CCCC1. The van der Waals surface area contributed by atoms with Crippen LogP contribution in [-0.4, -0.2) is 61.9 Å². The van der Waals surface area contributed by atoms with Crippen molar-refractivity contribution in [3.63, 3.8) is 0 Å². The largest absolute Gasteiger partial charge is 0.394 e. The van der Waals surface area contributed by atoms with Gasteiger partial charge in [-0.3, -0.25) is 0 Å². The summed E-state index contributed by atoms with van der Waals surface area (Å²) in [6, 6.07) is 0. The van der Waals surface area contributed by atoms with Crippen molar-refractivity contribution in [1.29, 1.82) is 0 Å². The maximum Gasteiger partial charge on any atom is 0.0897 e. The monoisotopic (exact) mass is 247 g/mol. The van der Waals surface area contributed by atoms with Crippen LogP contribution in [0, 0.1) is 0 Å². The molecule has 0 heterocycles. The molecule has 0 spiro atoms. The van der Waals surface area contributed by atoms with Gasteiger partial charge in [-0.15, -0.1) is 0 Å². The number of rotatable bonds is 9. The molecular formula is C12H25NO4. The molecular weight excluding hydrogens is 222 g/mol. The Morgan fingerprint density at radius 1 is 1.29 bits per heavy atom. The van der Waals surface area contributed by atoms with E-state index in [0.29, 0.717) is 26.4 Å². The smallest absolute Gasteiger partial charge is 0.0897 e. The molecule has 0 radical (unpaired) electrons. The zero-order chi connectivity index (χ0) is 12.6. The molecule has 1 saturated carbocycles. The van der Waals surface area contributed by atoms with E-state index in [-0.39, 0.29) is 12.1 Å². The van der Waals surface area contributed by atoms with Crippen molar-refractivity contribution in [1.82, 2.24) is 5.32 Å². The summed E-state index contributed by atoms with van der Waals surface area (Å²) in [7, 11) is 1.62. The minimum atomic E-state index is -0.532. The topological polar surface area (TPSA) is 71.0 Å². The highest BCUT2D eigenvalue weighted by Gasteiger charge is 2.32. The summed E-state index contributed by atoms with van der Waals surface area (Å²) >= 11 is 0. The lowest BCUT2D eigenvalue weighted by Crippen LogP contribution is -2.49. The van der Waals surface area contributed by atoms with Crippen LogP contribution < -0.4 is 5.32 Å². The average molecular weight is 247 g/mol. The van der Waals surface area contributed by atoms with Crippen LogP contribution in [0.5, 0.6) is 0 Å². The highest BCUT2D eigenvalue weighted by Crippen LogP contribution is 2.28. The Kier molecular flexibility index (Phi) is 6.99. The molecule has 5 heteroatoms. The summed E-state index contributed by atoms with van der Waals surface area (Å²) in [5.74, 6) is 0. The van der Waals surface area contributed by atoms with Crippen LogP contribution >= 0.6 is 0 Å². The number of aliphatic hydroxyl groups is 2. The molecule has 1 atom stereocenters. The van der Waals surface area contributed by atoms with Gasteiger partial charge < -0.3 is 25.0 Å². The second-order valence-electron chi connectivity index (χ2n) is 4.75. The van der Waals surface area contributed by atoms with Crippen molar-refractivity contribution in [2.75, 3.05) is 40.1 Å². The minimum Gasteiger partial charge on any atom is -0.394 e. The van der Waals surface area contributed by atoms with Gasteiger partial charge in [-0.2, -0.15) is 0 Å². The summed E-state index contributed by atoms with van der Waals surface area (Å²) in [4.78, 5) is 0. The molecule has 0 aromatic carbocycles. The number of nitrogens with one attached hydrogen (secondary N) is 1. The van der Waals surface area contributed by atoms with Crippen molar-refractivity contribution in [3.8, 4) is 0 Å². The van der Waals surface area contributed by atoms with E-state index < -0.39 is 6.10 Å². The summed E-state index contributed by atoms with van der Waals surface area (Å²) in [6.45, 7) is 1.95. The molecule has 5 nitrogen and oxygen atoms in total. The molecule has 17 heavy (non-hydrogen) atoms. The Labute approximate surface area is 103 Å². The van der Waals surface area contributed by atoms with Gasteiger partial charge in [0.1, 0.15) is 0 Å². The third kappa shape index (κ3) is 5.31. The quantitative estimate of drug-likeness (QED) is 0.497. The Hall–Kier alpha value is -0.200. The van der Waals surface area contributed by atoms with Gasteiger partial charge >= 0.3 is 0 Å². The highest BCUT2D eigenvalue weighted by molar-refractivity contribution is 4.92. The van der Waals surface area contributed by atoms with Crippen molar-refractivity contribution in [2.45, 2.75) is 37.3 Å². The fourth-order valence-electron chi connectivity index (χ4n) is 2.20. The van der Waals surface area contributed by atoms with E-state index in [0.717, 1.165) is 25.7 Å². The van der Waals surface area contributed by atoms with Crippen molar-refractivity contribution in [3.05, 3.63) is 0 Å². The maximum absolute atomic E-state index is 9.71. The van der Waals surface area contributed by atoms with Gasteiger partial charge in [0.15, 0.2) is 0 Å². The number of β-amino-alcohol motifs (C(OH)–C–C–N with tert-alkyl or cyclic N) is 1. The maximum atomic E-state index is 9.71. The van der Waals surface area contributed by atoms with E-state index in [1.165, 1.54) is 0 Å². The van der Waals surface area contributed by atoms with Crippen LogP contribution in [0.3, 0.4) is 0 Å². The summed E-state index contributed by atoms with van der Waals surface area (Å²) in [5.41, 5.74) is -0.173. The van der Waals surface area contributed by atoms with E-state index in [1.807, 2.05) is 0 Å². The third-order valence-electron chi connectivity index (χ3n) is 3.32. The lowest BCUT2D eigenvalue weighted by Gasteiger charge is -2.29. The second-order valence-corrected chi connectivity index (χ2v) is 4.75. The first-order valence-corrected chi connectivity index (χ1v) is 6.33. The number of aliphatic hydroxyl groups excluding tert-OH is 2. The summed E-state index contributed by atoms with van der Waals surface area (Å²) in [6.07, 6.45) is 3.74. The molecule has 0 bridgehead atoms. The molecule has 3 N–H and O–H groups in total. The fourth-order valence-corrected chi connectivity index (χ4v) is 2.20. The van der Waals surface area contributed by atoms with Gasteiger partial charge in [0, 0.05) is 19.2 Å². The predicted octanol–water partition coefficient (Wildman–Crippen LogP) is -0.0950. The number of hydrogen-bond donors (Lipinski definition) is 3. The molecule has 1 aliphatic carbocycles. The fraction of sp³-hybridized carbons (Fsp3) is 1.00. The Morgan fingerprint density at radius 3 is 2.59 bits per heavy atom. The van der Waals surface area contributed by atoms with E-state index in [2.05, 4.69) is 5.32 Å². The Morgan fingerprint density at radius 2 is 2.00 bits per heavy atom. The molecule has 1 aliphatic rings. The van der Waals surface area contributed by atoms with Crippen LogP contribution in [-0.2, 0) is 9.47 Å². The molecule has 1 fully saturated rings. The molecule has 0 amide bonds. The van der Waals surface area contributed by atoms with Gasteiger partial charge in [-0.1, -0.05) is 12.8 Å². The number of hydrogen-bond acceptors (Lipinski definition) is 5. The molecule has 0 aromatic rings. The van der Waals surface area contributed by atoms with Crippen LogP contribution in [0.4, 0.5) is 0 Å². The van der Waals surface area contributed by atoms with Crippen molar-refractivity contribution < 1.29 is 19.7 Å². The molecule has 1 unspecified atom stereocenters. The first-order chi connectivity index (χ1) is 8.22. The van der Waals surface area contributed by atoms with Crippen molar-refractivity contribution >= 4 is 0 Å². The second kappa shape index (κ2) is 8.00.